The molecule has 3 rings (SSSR count). The van der Waals surface area contributed by atoms with Gasteiger partial charge in [0.2, 0.25) is 0 Å². The van der Waals surface area contributed by atoms with Gasteiger partial charge in [0.25, 0.3) is 5.91 Å². The summed E-state index contributed by atoms with van der Waals surface area (Å²) in [5.74, 6) is 0.150. The first-order chi connectivity index (χ1) is 14.3. The van der Waals surface area contributed by atoms with Gasteiger partial charge in [-0.2, -0.15) is 0 Å². The van der Waals surface area contributed by atoms with E-state index in [0.29, 0.717) is 11.3 Å². The molecule has 0 bridgehead atoms. The van der Waals surface area contributed by atoms with E-state index >= 15 is 0 Å². The molecule has 7 heteroatoms. The van der Waals surface area contributed by atoms with Crippen molar-refractivity contribution in [2.24, 2.45) is 0 Å². The summed E-state index contributed by atoms with van der Waals surface area (Å²) in [6, 6.07) is 12.7. The average Bonchev–Trinajstić information content (AvgIpc) is 3.00. The van der Waals surface area contributed by atoms with Crippen LogP contribution in [-0.4, -0.2) is 44.1 Å². The number of hydrogen-bond donors (Lipinski definition) is 1. The van der Waals surface area contributed by atoms with E-state index in [1.165, 1.54) is 4.90 Å². The molecule has 0 spiro atoms. The zero-order valence-electron chi connectivity index (χ0n) is 17.8. The van der Waals surface area contributed by atoms with Gasteiger partial charge in [-0.1, -0.05) is 12.1 Å². The summed E-state index contributed by atoms with van der Waals surface area (Å²) in [5.41, 5.74) is 2.90. The monoisotopic (exact) mass is 409 g/mol. The summed E-state index contributed by atoms with van der Waals surface area (Å²) >= 11 is 0. The lowest BCUT2D eigenvalue weighted by Gasteiger charge is -2.21. The van der Waals surface area contributed by atoms with E-state index in [0.717, 1.165) is 29.0 Å². The Labute approximate surface area is 175 Å². The number of ether oxygens (including phenoxy) is 1. The van der Waals surface area contributed by atoms with Crippen LogP contribution in [0.3, 0.4) is 0 Å². The number of aliphatic carboxylic acids is 1. The number of aromatic nitrogens is 2. The molecule has 1 aromatic heterocycles. The molecule has 0 atom stereocenters. The van der Waals surface area contributed by atoms with Gasteiger partial charge in [0.1, 0.15) is 18.1 Å². The molecule has 30 heavy (non-hydrogen) atoms. The maximum atomic E-state index is 13.1. The minimum Gasteiger partial charge on any atom is -0.491 e. The minimum atomic E-state index is -1.06. The third-order valence-electron chi connectivity index (χ3n) is 4.76. The molecular weight excluding hydrogens is 382 g/mol. The lowest BCUT2D eigenvalue weighted by atomic mass is 10.1. The van der Waals surface area contributed by atoms with Gasteiger partial charge in [-0.05, 0) is 63.6 Å². The maximum Gasteiger partial charge on any atom is 0.323 e. The van der Waals surface area contributed by atoms with Gasteiger partial charge in [0.05, 0.1) is 17.1 Å². The number of nitrogens with zero attached hydrogens (tertiary/aromatic N) is 3. The number of aryl methyl sites for hydroxylation is 2. The van der Waals surface area contributed by atoms with Crippen molar-refractivity contribution in [3.05, 3.63) is 59.4 Å². The number of carbonyl (C=O) groups is 2. The van der Waals surface area contributed by atoms with Gasteiger partial charge in [-0.25, -0.2) is 4.98 Å². The van der Waals surface area contributed by atoms with Crippen LogP contribution in [0, 0.1) is 6.92 Å². The molecular formula is C23H27N3O4. The Morgan fingerprint density at radius 2 is 1.97 bits per heavy atom. The topological polar surface area (TPSA) is 84.7 Å². The van der Waals surface area contributed by atoms with Gasteiger partial charge < -0.3 is 19.3 Å². The predicted molar refractivity (Wildman–Crippen MR) is 115 cm³/mol. The van der Waals surface area contributed by atoms with E-state index in [1.54, 1.807) is 12.1 Å². The van der Waals surface area contributed by atoms with Crippen molar-refractivity contribution >= 4 is 22.9 Å². The number of amides is 1. The molecule has 7 nitrogen and oxygen atoms in total. The van der Waals surface area contributed by atoms with Crippen LogP contribution < -0.4 is 4.74 Å². The van der Waals surface area contributed by atoms with Crippen molar-refractivity contribution in [2.45, 2.75) is 46.9 Å². The second kappa shape index (κ2) is 8.98. The highest BCUT2D eigenvalue weighted by atomic mass is 16.5. The Balaban J connectivity index is 1.89. The third-order valence-corrected chi connectivity index (χ3v) is 4.76. The van der Waals surface area contributed by atoms with Gasteiger partial charge in [-0.15, -0.1) is 0 Å². The van der Waals surface area contributed by atoms with Crippen molar-refractivity contribution in [2.75, 3.05) is 6.54 Å². The normalized spacial score (nSPS) is 11.1. The first-order valence-corrected chi connectivity index (χ1v) is 10.0. The zero-order valence-corrected chi connectivity index (χ0v) is 17.8. The van der Waals surface area contributed by atoms with Gasteiger partial charge in [-0.3, -0.25) is 9.59 Å². The molecule has 2 aromatic carbocycles. The molecule has 158 valence electrons. The quantitative estimate of drug-likeness (QED) is 0.610. The van der Waals surface area contributed by atoms with Crippen LogP contribution in [-0.2, 0) is 17.9 Å². The fourth-order valence-corrected chi connectivity index (χ4v) is 3.54. The molecule has 0 saturated carbocycles. The summed E-state index contributed by atoms with van der Waals surface area (Å²) in [7, 11) is 0. The van der Waals surface area contributed by atoms with Crippen LogP contribution in [0.1, 0.15) is 42.5 Å². The lowest BCUT2D eigenvalue weighted by molar-refractivity contribution is -0.137. The summed E-state index contributed by atoms with van der Waals surface area (Å²) in [6.07, 6.45) is 0.0233. The summed E-state index contributed by atoms with van der Waals surface area (Å²) < 4.78 is 7.77. The molecule has 1 N–H and O–H groups in total. The van der Waals surface area contributed by atoms with E-state index in [2.05, 4.69) is 9.55 Å². The lowest BCUT2D eigenvalue weighted by Crippen LogP contribution is -2.35. The van der Waals surface area contributed by atoms with Crippen LogP contribution in [0.4, 0.5) is 0 Å². The third kappa shape index (κ3) is 4.79. The fraction of sp³-hybridized carbons (Fsp3) is 0.348. The summed E-state index contributed by atoms with van der Waals surface area (Å²) in [4.78, 5) is 30.4. The molecule has 0 unspecified atom stereocenters. The molecule has 1 amide bonds. The maximum absolute atomic E-state index is 13.1. The Morgan fingerprint density at radius 3 is 2.63 bits per heavy atom. The van der Waals surface area contributed by atoms with Crippen molar-refractivity contribution in [1.82, 2.24) is 14.5 Å². The second-order valence-electron chi connectivity index (χ2n) is 7.48. The molecule has 1 heterocycles. The Hall–Kier alpha value is -3.35. The number of rotatable bonds is 8. The van der Waals surface area contributed by atoms with Crippen molar-refractivity contribution in [1.29, 1.82) is 0 Å². The number of benzene rings is 2. The smallest absolute Gasteiger partial charge is 0.323 e. The largest absolute Gasteiger partial charge is 0.491 e. The highest BCUT2D eigenvalue weighted by Crippen LogP contribution is 2.21. The van der Waals surface area contributed by atoms with E-state index in [1.807, 2.05) is 58.0 Å². The zero-order chi connectivity index (χ0) is 21.8. The molecule has 0 fully saturated rings. The Kier molecular flexibility index (Phi) is 6.40. The first-order valence-electron chi connectivity index (χ1n) is 10.0. The fourth-order valence-electron chi connectivity index (χ4n) is 3.54. The van der Waals surface area contributed by atoms with Crippen molar-refractivity contribution < 1.29 is 19.4 Å². The molecule has 0 saturated heterocycles. The highest BCUT2D eigenvalue weighted by molar-refractivity contribution is 5.98. The van der Waals surface area contributed by atoms with Crippen LogP contribution in [0.2, 0.25) is 0 Å². The number of carbonyl (C=O) groups excluding carboxylic acids is 1. The summed E-state index contributed by atoms with van der Waals surface area (Å²) in [5, 5.41) is 9.34. The number of carboxylic acid groups (broad SMARTS) is 1. The molecule has 0 aliphatic carbocycles. The first kappa shape index (κ1) is 21.4. The number of hydrogen-bond acceptors (Lipinski definition) is 4. The standard InChI is InChI=1S/C23H27N3O4/c1-5-26-16(4)24-20-12-18(9-10-21(20)26)23(29)25(14-22(27)28)13-17-7-6-8-19(11-17)30-15(2)3/h6-12,15H,5,13-14H2,1-4H3,(H,27,28). The van der Waals surface area contributed by atoms with Crippen LogP contribution in [0.5, 0.6) is 5.75 Å². The van der Waals surface area contributed by atoms with Gasteiger partial charge >= 0.3 is 5.97 Å². The molecule has 0 radical (unpaired) electrons. The van der Waals surface area contributed by atoms with Crippen LogP contribution >= 0.6 is 0 Å². The van der Waals surface area contributed by atoms with E-state index < -0.39 is 12.5 Å². The van der Waals surface area contributed by atoms with E-state index in [9.17, 15) is 14.7 Å². The minimum absolute atomic E-state index is 0.0233. The summed E-state index contributed by atoms with van der Waals surface area (Å²) in [6.45, 7) is 8.40. The Bertz CT molecular complexity index is 1070. The van der Waals surface area contributed by atoms with Gasteiger partial charge in [0, 0.05) is 18.7 Å². The number of carboxylic acids is 1. The molecule has 0 aliphatic heterocycles. The van der Waals surface area contributed by atoms with Gasteiger partial charge in [0.15, 0.2) is 0 Å². The second-order valence-corrected chi connectivity index (χ2v) is 7.48. The van der Waals surface area contributed by atoms with Crippen LogP contribution in [0.15, 0.2) is 42.5 Å². The van der Waals surface area contributed by atoms with Crippen molar-refractivity contribution in [3.63, 3.8) is 0 Å². The molecule has 3 aromatic rings. The number of imidazole rings is 1. The molecule has 0 aliphatic rings. The number of fused-ring (bicyclic) bond motifs is 1. The predicted octanol–water partition coefficient (Wildman–Crippen LogP) is 3.88. The van der Waals surface area contributed by atoms with E-state index in [4.69, 9.17) is 4.74 Å². The average molecular weight is 409 g/mol. The SMILES string of the molecule is CCn1c(C)nc2cc(C(=O)N(CC(=O)O)Cc3cccc(OC(C)C)c3)ccc21. The highest BCUT2D eigenvalue weighted by Gasteiger charge is 2.20. The van der Waals surface area contributed by atoms with E-state index in [-0.39, 0.29) is 18.6 Å². The Morgan fingerprint density at radius 1 is 1.20 bits per heavy atom. The van der Waals surface area contributed by atoms with Crippen molar-refractivity contribution in [3.8, 4) is 5.75 Å². The van der Waals surface area contributed by atoms with Crippen LogP contribution in [0.25, 0.3) is 11.0 Å².